The summed E-state index contributed by atoms with van der Waals surface area (Å²) in [5.74, 6) is -0.218. The number of hydrogen-bond acceptors (Lipinski definition) is 4. The van der Waals surface area contributed by atoms with Gasteiger partial charge in [-0.05, 0) is 35.7 Å². The highest BCUT2D eigenvalue weighted by Crippen LogP contribution is 2.19. The number of aromatic carboxylic acids is 1. The summed E-state index contributed by atoms with van der Waals surface area (Å²) in [5.41, 5.74) is 1.14. The highest BCUT2D eigenvalue weighted by Gasteiger charge is 2.10. The van der Waals surface area contributed by atoms with Gasteiger partial charge in [-0.15, -0.1) is 0 Å². The summed E-state index contributed by atoms with van der Waals surface area (Å²) in [5, 5.41) is 11.4. The maximum absolute atomic E-state index is 11.8. The number of hydrogen-bond donors (Lipinski definition) is 2. The van der Waals surface area contributed by atoms with Crippen LogP contribution in [0.4, 0.5) is 0 Å². The predicted octanol–water partition coefficient (Wildman–Crippen LogP) is 2.80. The van der Waals surface area contributed by atoms with Gasteiger partial charge in [-0.25, -0.2) is 4.79 Å². The number of rotatable bonds is 7. The summed E-state index contributed by atoms with van der Waals surface area (Å²) < 4.78 is 10.5. The lowest BCUT2D eigenvalue weighted by atomic mass is 10.0. The molecule has 0 atom stereocenters. The van der Waals surface area contributed by atoms with Gasteiger partial charge in [0.15, 0.2) is 6.61 Å². The quantitative estimate of drug-likeness (QED) is 0.819. The Morgan fingerprint density at radius 1 is 1.26 bits per heavy atom. The Kier molecular flexibility index (Phi) is 5.41. The first-order valence-corrected chi connectivity index (χ1v) is 7.27. The molecule has 1 aromatic carbocycles. The van der Waals surface area contributed by atoms with Gasteiger partial charge in [0.05, 0.1) is 6.54 Å². The van der Waals surface area contributed by atoms with Gasteiger partial charge < -0.3 is 19.6 Å². The molecule has 2 aromatic rings. The third-order valence-electron chi connectivity index (χ3n) is 3.23. The zero-order valence-electron chi connectivity index (χ0n) is 13.0. The molecule has 0 unspecified atom stereocenters. The minimum absolute atomic E-state index is 0.113. The van der Waals surface area contributed by atoms with Crippen LogP contribution in [0.25, 0.3) is 0 Å². The van der Waals surface area contributed by atoms with E-state index < -0.39 is 5.97 Å². The molecule has 0 saturated heterocycles. The molecule has 0 spiro atoms. The summed E-state index contributed by atoms with van der Waals surface area (Å²) >= 11 is 0. The number of ether oxygens (including phenoxy) is 1. The number of furan rings is 1. The number of carboxylic acids is 1. The van der Waals surface area contributed by atoms with Gasteiger partial charge in [0, 0.05) is 0 Å². The molecule has 6 heteroatoms. The van der Waals surface area contributed by atoms with Crippen LogP contribution in [0.2, 0.25) is 0 Å². The molecule has 0 aliphatic carbocycles. The summed E-state index contributed by atoms with van der Waals surface area (Å²) in [4.78, 5) is 22.4. The maximum Gasteiger partial charge on any atom is 0.371 e. The van der Waals surface area contributed by atoms with Gasteiger partial charge in [-0.3, -0.25) is 4.79 Å². The van der Waals surface area contributed by atoms with Gasteiger partial charge in [0.1, 0.15) is 11.5 Å². The standard InChI is InChI=1S/C17H19NO5/c1-11(2)12-4-3-5-13(8-12)22-10-16(19)18-9-14-6-7-15(23-14)17(20)21/h3-8,11H,9-10H2,1-2H3,(H,18,19)(H,20,21). The van der Waals surface area contributed by atoms with Crippen molar-refractivity contribution in [3.8, 4) is 5.75 Å². The number of carbonyl (C=O) groups is 2. The van der Waals surface area contributed by atoms with E-state index in [1.807, 2.05) is 18.2 Å². The highest BCUT2D eigenvalue weighted by molar-refractivity contribution is 5.84. The summed E-state index contributed by atoms with van der Waals surface area (Å²) in [7, 11) is 0. The van der Waals surface area contributed by atoms with Crippen LogP contribution in [0.1, 0.15) is 41.6 Å². The van der Waals surface area contributed by atoms with Gasteiger partial charge in [0.25, 0.3) is 5.91 Å². The van der Waals surface area contributed by atoms with Crippen molar-refractivity contribution in [2.75, 3.05) is 6.61 Å². The van der Waals surface area contributed by atoms with Crippen LogP contribution in [0.3, 0.4) is 0 Å². The molecule has 2 N–H and O–H groups in total. The van der Waals surface area contributed by atoms with Gasteiger partial charge >= 0.3 is 5.97 Å². The summed E-state index contributed by atoms with van der Waals surface area (Å²) in [6.45, 7) is 4.16. The lowest BCUT2D eigenvalue weighted by Gasteiger charge is -2.10. The molecule has 1 amide bonds. The third kappa shape index (κ3) is 4.88. The van der Waals surface area contributed by atoms with Crippen LogP contribution in [0.5, 0.6) is 5.75 Å². The number of amides is 1. The van der Waals surface area contributed by atoms with E-state index in [0.29, 0.717) is 17.4 Å². The SMILES string of the molecule is CC(C)c1cccc(OCC(=O)NCc2ccc(C(=O)O)o2)c1. The lowest BCUT2D eigenvalue weighted by molar-refractivity contribution is -0.123. The molecular formula is C17H19NO5. The van der Waals surface area contributed by atoms with Crippen molar-refractivity contribution in [1.29, 1.82) is 0 Å². The lowest BCUT2D eigenvalue weighted by Crippen LogP contribution is -2.28. The van der Waals surface area contributed by atoms with Crippen LogP contribution >= 0.6 is 0 Å². The van der Waals surface area contributed by atoms with Crippen LogP contribution in [-0.2, 0) is 11.3 Å². The fourth-order valence-corrected chi connectivity index (χ4v) is 1.94. The Labute approximate surface area is 134 Å². The molecule has 1 heterocycles. The largest absolute Gasteiger partial charge is 0.484 e. The molecule has 2 rings (SSSR count). The Morgan fingerprint density at radius 2 is 2.04 bits per heavy atom. The zero-order chi connectivity index (χ0) is 16.8. The van der Waals surface area contributed by atoms with E-state index in [0.717, 1.165) is 5.56 Å². The minimum atomic E-state index is -1.14. The minimum Gasteiger partial charge on any atom is -0.484 e. The Hall–Kier alpha value is -2.76. The maximum atomic E-state index is 11.8. The van der Waals surface area contributed by atoms with Crippen molar-refractivity contribution in [3.05, 3.63) is 53.5 Å². The second-order valence-electron chi connectivity index (χ2n) is 5.36. The van der Waals surface area contributed by atoms with E-state index in [1.54, 1.807) is 6.07 Å². The van der Waals surface area contributed by atoms with Crippen molar-refractivity contribution < 1.29 is 23.8 Å². The summed E-state index contributed by atoms with van der Waals surface area (Å²) in [6, 6.07) is 10.5. The van der Waals surface area contributed by atoms with Crippen molar-refractivity contribution in [2.24, 2.45) is 0 Å². The topological polar surface area (TPSA) is 88.8 Å². The zero-order valence-corrected chi connectivity index (χ0v) is 13.0. The third-order valence-corrected chi connectivity index (χ3v) is 3.23. The number of nitrogens with one attached hydrogen (secondary N) is 1. The fourth-order valence-electron chi connectivity index (χ4n) is 1.94. The first-order valence-electron chi connectivity index (χ1n) is 7.27. The van der Waals surface area contributed by atoms with Crippen LogP contribution in [0, 0.1) is 0 Å². The second kappa shape index (κ2) is 7.49. The molecule has 0 aliphatic rings. The Morgan fingerprint density at radius 3 is 2.70 bits per heavy atom. The molecule has 0 fully saturated rings. The van der Waals surface area contributed by atoms with E-state index >= 15 is 0 Å². The van der Waals surface area contributed by atoms with Gasteiger partial charge in [-0.2, -0.15) is 0 Å². The van der Waals surface area contributed by atoms with Crippen molar-refractivity contribution in [1.82, 2.24) is 5.32 Å². The first-order chi connectivity index (χ1) is 11.0. The molecule has 122 valence electrons. The van der Waals surface area contributed by atoms with Crippen molar-refractivity contribution in [2.45, 2.75) is 26.3 Å². The van der Waals surface area contributed by atoms with Gasteiger partial charge in [0.2, 0.25) is 5.76 Å². The number of carbonyl (C=O) groups excluding carboxylic acids is 1. The predicted molar refractivity (Wildman–Crippen MR) is 83.5 cm³/mol. The molecule has 23 heavy (non-hydrogen) atoms. The van der Waals surface area contributed by atoms with E-state index in [2.05, 4.69) is 19.2 Å². The highest BCUT2D eigenvalue weighted by atomic mass is 16.5. The molecule has 0 saturated carbocycles. The Balaban J connectivity index is 1.80. The summed E-state index contributed by atoms with van der Waals surface area (Å²) in [6.07, 6.45) is 0. The Bertz CT molecular complexity index is 690. The molecule has 1 aromatic heterocycles. The molecule has 0 bridgehead atoms. The van der Waals surface area contributed by atoms with E-state index in [4.69, 9.17) is 14.3 Å². The van der Waals surface area contributed by atoms with Crippen molar-refractivity contribution >= 4 is 11.9 Å². The average molecular weight is 317 g/mol. The fraction of sp³-hybridized carbons (Fsp3) is 0.294. The number of carboxylic acid groups (broad SMARTS) is 1. The van der Waals surface area contributed by atoms with Crippen LogP contribution < -0.4 is 10.1 Å². The molecule has 0 aliphatic heterocycles. The van der Waals surface area contributed by atoms with Gasteiger partial charge in [-0.1, -0.05) is 26.0 Å². The molecule has 0 radical (unpaired) electrons. The average Bonchev–Trinajstić information content (AvgIpc) is 3.00. The first kappa shape index (κ1) is 16.6. The van der Waals surface area contributed by atoms with E-state index in [-0.39, 0.29) is 24.8 Å². The van der Waals surface area contributed by atoms with Crippen LogP contribution in [-0.4, -0.2) is 23.6 Å². The molecular weight excluding hydrogens is 298 g/mol. The normalized spacial score (nSPS) is 10.6. The van der Waals surface area contributed by atoms with Crippen LogP contribution in [0.15, 0.2) is 40.8 Å². The molecule has 6 nitrogen and oxygen atoms in total. The van der Waals surface area contributed by atoms with E-state index in [9.17, 15) is 9.59 Å². The number of benzene rings is 1. The van der Waals surface area contributed by atoms with Crippen molar-refractivity contribution in [3.63, 3.8) is 0 Å². The smallest absolute Gasteiger partial charge is 0.371 e. The van der Waals surface area contributed by atoms with E-state index in [1.165, 1.54) is 12.1 Å². The second-order valence-corrected chi connectivity index (χ2v) is 5.36. The monoisotopic (exact) mass is 317 g/mol.